The van der Waals surface area contributed by atoms with Gasteiger partial charge in [0.05, 0.1) is 0 Å². The highest BCUT2D eigenvalue weighted by molar-refractivity contribution is 4.52. The Labute approximate surface area is 101 Å². The van der Waals surface area contributed by atoms with Gasteiger partial charge in [-0.25, -0.2) is 19.6 Å². The van der Waals surface area contributed by atoms with Gasteiger partial charge in [0, 0.05) is 12.8 Å². The van der Waals surface area contributed by atoms with Crippen LogP contribution in [0, 0.1) is 0 Å². The predicted molar refractivity (Wildman–Crippen MR) is 56.1 cm³/mol. The van der Waals surface area contributed by atoms with Gasteiger partial charge in [-0.05, 0) is 19.8 Å². The van der Waals surface area contributed by atoms with Gasteiger partial charge in [0.15, 0.2) is 25.7 Å². The van der Waals surface area contributed by atoms with Gasteiger partial charge in [-0.1, -0.05) is 12.8 Å². The van der Waals surface area contributed by atoms with Crippen LogP contribution in [-0.2, 0) is 29.0 Å². The summed E-state index contributed by atoms with van der Waals surface area (Å²) in [7, 11) is 0. The van der Waals surface area contributed by atoms with Crippen molar-refractivity contribution in [2.75, 3.05) is 6.79 Å². The Morgan fingerprint density at radius 1 is 0.882 bits per heavy atom. The smallest absolute Gasteiger partial charge is 0.194 e. The standard InChI is InChI=1S/C11H20O6/c1-9-14-11(17-15-9)7-5-3-2-4-6-10-12-8-13-16-10/h9-11H,2-8H2,1H3/t9-,10?,11-/m0/s1. The van der Waals surface area contributed by atoms with Crippen LogP contribution in [0.4, 0.5) is 0 Å². The molecular weight excluding hydrogens is 228 g/mol. The maximum absolute atomic E-state index is 5.35. The molecule has 2 saturated heterocycles. The molecule has 0 aliphatic carbocycles. The normalized spacial score (nSPS) is 33.4. The molecule has 17 heavy (non-hydrogen) atoms. The zero-order valence-corrected chi connectivity index (χ0v) is 10.1. The lowest BCUT2D eigenvalue weighted by Crippen LogP contribution is -2.09. The van der Waals surface area contributed by atoms with Gasteiger partial charge in [0.2, 0.25) is 0 Å². The summed E-state index contributed by atoms with van der Waals surface area (Å²) in [4.78, 5) is 19.3. The van der Waals surface area contributed by atoms with Crippen molar-refractivity contribution in [1.29, 1.82) is 0 Å². The van der Waals surface area contributed by atoms with Crippen LogP contribution in [0.25, 0.3) is 0 Å². The average molecular weight is 248 g/mol. The van der Waals surface area contributed by atoms with Crippen LogP contribution in [0.2, 0.25) is 0 Å². The maximum atomic E-state index is 5.35. The molecule has 2 rings (SSSR count). The lowest BCUT2D eigenvalue weighted by Gasteiger charge is -2.07. The molecule has 0 saturated carbocycles. The monoisotopic (exact) mass is 248 g/mol. The summed E-state index contributed by atoms with van der Waals surface area (Å²) < 4.78 is 10.5. The Bertz CT molecular complexity index is 206. The second-order valence-corrected chi connectivity index (χ2v) is 4.25. The molecule has 2 fully saturated rings. The van der Waals surface area contributed by atoms with E-state index in [0.717, 1.165) is 38.5 Å². The van der Waals surface area contributed by atoms with Crippen molar-refractivity contribution in [3.63, 3.8) is 0 Å². The minimum absolute atomic E-state index is 0.175. The van der Waals surface area contributed by atoms with Crippen molar-refractivity contribution in [2.24, 2.45) is 0 Å². The SMILES string of the molecule is C[C@@H]1OO[C@@H](CCCCCCC2OCOO2)O1. The van der Waals surface area contributed by atoms with E-state index in [1.165, 1.54) is 0 Å². The molecule has 0 aromatic rings. The molecule has 0 amide bonds. The Balaban J connectivity index is 1.38. The molecule has 1 unspecified atom stereocenters. The van der Waals surface area contributed by atoms with E-state index in [1.54, 1.807) is 0 Å². The molecule has 2 aliphatic heterocycles. The number of unbranched alkanes of at least 4 members (excludes halogenated alkanes) is 3. The number of hydrogen-bond acceptors (Lipinski definition) is 6. The quantitative estimate of drug-likeness (QED) is 0.508. The first kappa shape index (κ1) is 13.2. The summed E-state index contributed by atoms with van der Waals surface area (Å²) >= 11 is 0. The van der Waals surface area contributed by atoms with E-state index in [9.17, 15) is 0 Å². The lowest BCUT2D eigenvalue weighted by atomic mass is 10.1. The molecule has 0 radical (unpaired) electrons. The highest BCUT2D eigenvalue weighted by atomic mass is 17.3. The van der Waals surface area contributed by atoms with Gasteiger partial charge in [-0.2, -0.15) is 0 Å². The molecule has 6 heteroatoms. The summed E-state index contributed by atoms with van der Waals surface area (Å²) in [6.45, 7) is 2.07. The average Bonchev–Trinajstić information content (AvgIpc) is 2.95. The van der Waals surface area contributed by atoms with Crippen molar-refractivity contribution >= 4 is 0 Å². The number of ether oxygens (including phenoxy) is 2. The summed E-state index contributed by atoms with van der Waals surface area (Å²) in [5.74, 6) is 0. The number of rotatable bonds is 7. The van der Waals surface area contributed by atoms with Crippen molar-refractivity contribution in [3.05, 3.63) is 0 Å². The fourth-order valence-electron chi connectivity index (χ4n) is 1.86. The van der Waals surface area contributed by atoms with Crippen LogP contribution >= 0.6 is 0 Å². The molecule has 2 aliphatic rings. The third kappa shape index (κ3) is 4.87. The zero-order valence-electron chi connectivity index (χ0n) is 10.1. The number of hydrogen-bond donors (Lipinski definition) is 0. The van der Waals surface area contributed by atoms with Crippen LogP contribution in [0.1, 0.15) is 45.4 Å². The predicted octanol–water partition coefficient (Wildman–Crippen LogP) is 2.24. The first-order chi connectivity index (χ1) is 8.34. The molecule has 6 nitrogen and oxygen atoms in total. The molecular formula is C11H20O6. The summed E-state index contributed by atoms with van der Waals surface area (Å²) in [5, 5.41) is 0. The van der Waals surface area contributed by atoms with E-state index in [0.29, 0.717) is 0 Å². The molecule has 0 aromatic heterocycles. The second kappa shape index (κ2) is 7.25. The molecule has 3 atom stereocenters. The first-order valence-electron chi connectivity index (χ1n) is 6.22. The van der Waals surface area contributed by atoms with Crippen LogP contribution in [0.3, 0.4) is 0 Å². The zero-order chi connectivity index (χ0) is 11.9. The van der Waals surface area contributed by atoms with E-state index in [-0.39, 0.29) is 25.7 Å². The van der Waals surface area contributed by atoms with E-state index in [1.807, 2.05) is 6.92 Å². The van der Waals surface area contributed by atoms with Crippen LogP contribution < -0.4 is 0 Å². The van der Waals surface area contributed by atoms with Crippen LogP contribution in [-0.4, -0.2) is 25.7 Å². The second-order valence-electron chi connectivity index (χ2n) is 4.25. The van der Waals surface area contributed by atoms with Gasteiger partial charge >= 0.3 is 0 Å². The van der Waals surface area contributed by atoms with Crippen molar-refractivity contribution in [3.8, 4) is 0 Å². The molecule has 0 spiro atoms. The van der Waals surface area contributed by atoms with E-state index in [4.69, 9.17) is 24.1 Å². The van der Waals surface area contributed by atoms with Crippen molar-refractivity contribution in [2.45, 2.75) is 64.3 Å². The minimum atomic E-state index is -0.239. The fraction of sp³-hybridized carbons (Fsp3) is 1.00. The molecule has 0 aromatic carbocycles. The van der Waals surface area contributed by atoms with Crippen molar-refractivity contribution < 1.29 is 29.0 Å². The van der Waals surface area contributed by atoms with Gasteiger partial charge < -0.3 is 9.47 Å². The van der Waals surface area contributed by atoms with E-state index in [2.05, 4.69) is 4.89 Å². The highest BCUT2D eigenvalue weighted by Crippen LogP contribution is 2.19. The lowest BCUT2D eigenvalue weighted by molar-refractivity contribution is -0.294. The van der Waals surface area contributed by atoms with Crippen molar-refractivity contribution in [1.82, 2.24) is 0 Å². The first-order valence-corrected chi connectivity index (χ1v) is 6.22. The largest absolute Gasteiger partial charge is 0.320 e. The molecule has 2 heterocycles. The van der Waals surface area contributed by atoms with E-state index < -0.39 is 0 Å². The maximum Gasteiger partial charge on any atom is 0.194 e. The topological polar surface area (TPSA) is 55.4 Å². The van der Waals surface area contributed by atoms with Gasteiger partial charge in [-0.3, -0.25) is 0 Å². The fourth-order valence-corrected chi connectivity index (χ4v) is 1.86. The van der Waals surface area contributed by atoms with Gasteiger partial charge in [-0.15, -0.1) is 0 Å². The minimum Gasteiger partial charge on any atom is -0.320 e. The third-order valence-corrected chi connectivity index (χ3v) is 2.75. The summed E-state index contributed by atoms with van der Waals surface area (Å²) in [6.07, 6.45) is 5.59. The van der Waals surface area contributed by atoms with Gasteiger partial charge in [0.25, 0.3) is 0 Å². The highest BCUT2D eigenvalue weighted by Gasteiger charge is 2.23. The molecule has 100 valence electrons. The Kier molecular flexibility index (Phi) is 5.63. The van der Waals surface area contributed by atoms with Gasteiger partial charge in [0.1, 0.15) is 0 Å². The Morgan fingerprint density at radius 2 is 1.65 bits per heavy atom. The van der Waals surface area contributed by atoms with Crippen LogP contribution in [0.15, 0.2) is 0 Å². The van der Waals surface area contributed by atoms with E-state index >= 15 is 0 Å². The Hall–Kier alpha value is -0.240. The Morgan fingerprint density at radius 3 is 2.24 bits per heavy atom. The third-order valence-electron chi connectivity index (χ3n) is 2.75. The summed E-state index contributed by atoms with van der Waals surface area (Å²) in [6, 6.07) is 0. The molecule has 0 bridgehead atoms. The van der Waals surface area contributed by atoms with Crippen LogP contribution in [0.5, 0.6) is 0 Å². The summed E-state index contributed by atoms with van der Waals surface area (Å²) in [5.41, 5.74) is 0. The molecule has 0 N–H and O–H groups in total.